The van der Waals surface area contributed by atoms with E-state index in [0.717, 1.165) is 19.3 Å². The van der Waals surface area contributed by atoms with E-state index in [0.29, 0.717) is 12.8 Å². The van der Waals surface area contributed by atoms with Crippen LogP contribution in [0.3, 0.4) is 0 Å². The third-order valence-corrected chi connectivity index (χ3v) is 2.79. The Bertz CT molecular complexity index is 140. The van der Waals surface area contributed by atoms with E-state index in [1.807, 2.05) is 0 Å². The number of hydrogen-bond donors (Lipinski definition) is 0. The number of rotatable bonds is 1. The molecule has 0 heterocycles. The van der Waals surface area contributed by atoms with E-state index in [-0.39, 0.29) is 51.4 Å². The smallest absolute Gasteiger partial charge is 0.449 e. The molecule has 0 spiro atoms. The summed E-state index contributed by atoms with van der Waals surface area (Å²) in [5.41, 5.74) is 0. The van der Waals surface area contributed by atoms with Crippen molar-refractivity contribution < 1.29 is 64.3 Å². The SMILES string of the molecule is CC1([B-](F)(F)F)CCCCC1.[K+]. The van der Waals surface area contributed by atoms with Gasteiger partial charge in [-0.1, -0.05) is 44.3 Å². The Labute approximate surface area is 114 Å². The van der Waals surface area contributed by atoms with Crippen molar-refractivity contribution in [3.63, 3.8) is 0 Å². The molecule has 1 saturated carbocycles. The molecule has 66 valence electrons. The Hall–Kier alpha value is 1.49. The second-order valence-electron chi connectivity index (χ2n) is 3.79. The van der Waals surface area contributed by atoms with Crippen molar-refractivity contribution in [1.29, 1.82) is 0 Å². The zero-order valence-corrected chi connectivity index (χ0v) is 10.9. The number of halogens is 3. The molecule has 0 aromatic rings. The summed E-state index contributed by atoms with van der Waals surface area (Å²) in [6.45, 7) is -3.25. The normalized spacial score (nSPS) is 23.0. The quantitative estimate of drug-likeness (QED) is 0.547. The van der Waals surface area contributed by atoms with E-state index in [9.17, 15) is 12.9 Å². The topological polar surface area (TPSA) is 0 Å². The minimum Gasteiger partial charge on any atom is -0.449 e. The molecule has 0 nitrogen and oxygen atoms in total. The second kappa shape index (κ2) is 4.82. The summed E-state index contributed by atoms with van der Waals surface area (Å²) in [7, 11) is 0. The molecule has 0 bridgehead atoms. The molecule has 0 radical (unpaired) electrons. The second-order valence-corrected chi connectivity index (χ2v) is 3.79. The van der Waals surface area contributed by atoms with Crippen molar-refractivity contribution in [3.05, 3.63) is 0 Å². The maximum Gasteiger partial charge on any atom is 1.00 e. The Morgan fingerprint density at radius 1 is 1.00 bits per heavy atom. The van der Waals surface area contributed by atoms with Gasteiger partial charge in [0.05, 0.1) is 0 Å². The standard InChI is InChI=1S/C7H13BF3.K/c1-7(8(9,10)11)5-3-2-4-6-7;/h2-6H2,1H3;/q-1;+1. The molecule has 0 aliphatic heterocycles. The minimum atomic E-state index is -4.62. The maximum absolute atomic E-state index is 12.4. The van der Waals surface area contributed by atoms with Crippen molar-refractivity contribution in [1.82, 2.24) is 0 Å². The summed E-state index contributed by atoms with van der Waals surface area (Å²) >= 11 is 0. The van der Waals surface area contributed by atoms with Crippen LogP contribution in [0, 0.1) is 0 Å². The third kappa shape index (κ3) is 3.01. The average Bonchev–Trinajstić information content (AvgIpc) is 1.87. The van der Waals surface area contributed by atoms with Gasteiger partial charge in [-0.05, 0) is 0 Å². The molecule has 0 saturated heterocycles. The van der Waals surface area contributed by atoms with Crippen LogP contribution >= 0.6 is 0 Å². The van der Waals surface area contributed by atoms with E-state index >= 15 is 0 Å². The largest absolute Gasteiger partial charge is 1.00 e. The molecule has 0 amide bonds. The summed E-state index contributed by atoms with van der Waals surface area (Å²) in [4.78, 5) is 0. The van der Waals surface area contributed by atoms with Crippen LogP contribution in [-0.2, 0) is 0 Å². The summed E-state index contributed by atoms with van der Waals surface area (Å²) in [6, 6.07) is 0. The first-order valence-corrected chi connectivity index (χ1v) is 4.15. The third-order valence-electron chi connectivity index (χ3n) is 2.79. The van der Waals surface area contributed by atoms with Crippen molar-refractivity contribution in [2.75, 3.05) is 0 Å². The summed E-state index contributed by atoms with van der Waals surface area (Å²) in [6.07, 6.45) is 3.16. The van der Waals surface area contributed by atoms with Gasteiger partial charge in [0.2, 0.25) is 0 Å². The molecular weight excluding hydrogens is 191 g/mol. The average molecular weight is 204 g/mol. The molecule has 12 heavy (non-hydrogen) atoms. The van der Waals surface area contributed by atoms with Gasteiger partial charge >= 0.3 is 58.4 Å². The van der Waals surface area contributed by atoms with Crippen LogP contribution < -0.4 is 51.4 Å². The van der Waals surface area contributed by atoms with Gasteiger partial charge in [-0.25, -0.2) is 0 Å². The maximum atomic E-state index is 12.4. The van der Waals surface area contributed by atoms with Crippen LogP contribution in [0.1, 0.15) is 39.0 Å². The molecule has 0 aromatic carbocycles. The molecular formula is C7H13BF3K. The van der Waals surface area contributed by atoms with Gasteiger partial charge in [-0.2, -0.15) is 0 Å². The summed E-state index contributed by atoms with van der Waals surface area (Å²) in [5, 5.41) is -1.32. The molecule has 0 atom stereocenters. The molecule has 0 unspecified atom stereocenters. The fourth-order valence-electron chi connectivity index (χ4n) is 1.69. The van der Waals surface area contributed by atoms with E-state index in [1.54, 1.807) is 0 Å². The molecule has 1 aliphatic carbocycles. The van der Waals surface area contributed by atoms with E-state index in [2.05, 4.69) is 0 Å². The fourth-order valence-corrected chi connectivity index (χ4v) is 1.69. The van der Waals surface area contributed by atoms with Crippen LogP contribution in [0.4, 0.5) is 12.9 Å². The fraction of sp³-hybridized carbons (Fsp3) is 1.00. The van der Waals surface area contributed by atoms with Gasteiger partial charge in [0.15, 0.2) is 0 Å². The Balaban J connectivity index is 0.00000121. The predicted octanol–water partition coefficient (Wildman–Crippen LogP) is 0.562. The Morgan fingerprint density at radius 2 is 1.42 bits per heavy atom. The zero-order chi connectivity index (χ0) is 8.54. The van der Waals surface area contributed by atoms with Crippen LogP contribution in [-0.4, -0.2) is 6.98 Å². The van der Waals surface area contributed by atoms with Gasteiger partial charge in [-0.15, -0.1) is 0 Å². The first-order valence-electron chi connectivity index (χ1n) is 4.15. The van der Waals surface area contributed by atoms with E-state index < -0.39 is 12.3 Å². The van der Waals surface area contributed by atoms with Crippen LogP contribution in [0.25, 0.3) is 0 Å². The van der Waals surface area contributed by atoms with Crippen LogP contribution in [0.15, 0.2) is 0 Å². The van der Waals surface area contributed by atoms with Crippen molar-refractivity contribution in [2.24, 2.45) is 0 Å². The van der Waals surface area contributed by atoms with Crippen LogP contribution in [0.5, 0.6) is 0 Å². The van der Waals surface area contributed by atoms with E-state index in [1.165, 1.54) is 6.92 Å². The molecule has 0 N–H and O–H groups in total. The van der Waals surface area contributed by atoms with Crippen molar-refractivity contribution in [3.8, 4) is 0 Å². The molecule has 0 aromatic heterocycles. The zero-order valence-electron chi connectivity index (χ0n) is 7.75. The van der Waals surface area contributed by atoms with Gasteiger partial charge < -0.3 is 12.9 Å². The predicted molar refractivity (Wildman–Crippen MR) is 40.5 cm³/mol. The van der Waals surface area contributed by atoms with Crippen molar-refractivity contribution >= 4 is 6.98 Å². The first-order chi connectivity index (χ1) is 4.96. The summed E-state index contributed by atoms with van der Waals surface area (Å²) < 4.78 is 37.2. The number of hydrogen-bond acceptors (Lipinski definition) is 0. The molecule has 5 heteroatoms. The van der Waals surface area contributed by atoms with Gasteiger partial charge in [-0.3, -0.25) is 0 Å². The van der Waals surface area contributed by atoms with Gasteiger partial charge in [0, 0.05) is 0 Å². The monoisotopic (exact) mass is 204 g/mol. The van der Waals surface area contributed by atoms with Crippen LogP contribution in [0.2, 0.25) is 5.31 Å². The molecule has 1 fully saturated rings. The molecule has 1 rings (SSSR count). The van der Waals surface area contributed by atoms with Crippen molar-refractivity contribution in [2.45, 2.75) is 44.3 Å². The van der Waals surface area contributed by atoms with Gasteiger partial charge in [0.1, 0.15) is 0 Å². The summed E-state index contributed by atoms with van der Waals surface area (Å²) in [5.74, 6) is 0. The first kappa shape index (κ1) is 13.5. The molecule has 1 aliphatic rings. The Kier molecular flexibility index (Phi) is 5.42. The van der Waals surface area contributed by atoms with Gasteiger partial charge in [0.25, 0.3) is 0 Å². The van der Waals surface area contributed by atoms with E-state index in [4.69, 9.17) is 0 Å². The Morgan fingerprint density at radius 3 is 1.67 bits per heavy atom. The minimum absolute atomic E-state index is 0.